The number of hydrogen-bond acceptors (Lipinski definition) is 3. The van der Waals surface area contributed by atoms with E-state index in [0.29, 0.717) is 12.2 Å². The van der Waals surface area contributed by atoms with Crippen molar-refractivity contribution >= 4 is 12.5 Å². The van der Waals surface area contributed by atoms with Gasteiger partial charge in [-0.1, -0.05) is 24.3 Å². The van der Waals surface area contributed by atoms with Gasteiger partial charge in [-0.2, -0.15) is 0 Å². The molecule has 0 bridgehead atoms. The minimum atomic E-state index is -0.395. The molecule has 2 N–H and O–H groups in total. The zero-order valence-electron chi connectivity index (χ0n) is 6.94. The molecule has 0 heterocycles. The second kappa shape index (κ2) is 2.94. The van der Waals surface area contributed by atoms with Gasteiger partial charge in [0.2, 0.25) is 0 Å². The Morgan fingerprint density at radius 2 is 2.15 bits per heavy atom. The zero-order chi connectivity index (χ0) is 9.26. The van der Waals surface area contributed by atoms with E-state index in [9.17, 15) is 4.79 Å². The summed E-state index contributed by atoms with van der Waals surface area (Å²) in [7, 11) is 0. The molecule has 3 nitrogen and oxygen atoms in total. The molecule has 0 spiro atoms. The Kier molecular flexibility index (Phi) is 1.77. The number of carbonyl (C=O) groups excluding carboxylic acids is 1. The van der Waals surface area contributed by atoms with E-state index < -0.39 is 6.10 Å². The maximum absolute atomic E-state index is 10.2. The second-order valence-electron chi connectivity index (χ2n) is 2.89. The van der Waals surface area contributed by atoms with Crippen molar-refractivity contribution in [2.75, 3.05) is 0 Å². The van der Waals surface area contributed by atoms with Gasteiger partial charge < -0.3 is 10.5 Å². The minimum Gasteiger partial charge on any atom is -0.453 e. The van der Waals surface area contributed by atoms with Gasteiger partial charge >= 0.3 is 0 Å². The summed E-state index contributed by atoms with van der Waals surface area (Å²) in [5.41, 5.74) is 8.24. The SMILES string of the molecule is NC1=Cc2ccccc2C1OC=O. The third-order valence-electron chi connectivity index (χ3n) is 2.10. The van der Waals surface area contributed by atoms with E-state index >= 15 is 0 Å². The predicted molar refractivity (Wildman–Crippen MR) is 48.5 cm³/mol. The van der Waals surface area contributed by atoms with E-state index in [1.807, 2.05) is 30.3 Å². The van der Waals surface area contributed by atoms with Crippen molar-refractivity contribution in [2.24, 2.45) is 5.73 Å². The molecule has 0 saturated heterocycles. The van der Waals surface area contributed by atoms with Gasteiger partial charge in [-0.3, -0.25) is 4.79 Å². The van der Waals surface area contributed by atoms with Gasteiger partial charge in [0, 0.05) is 5.56 Å². The summed E-state index contributed by atoms with van der Waals surface area (Å²) in [6.07, 6.45) is 1.43. The molecule has 1 atom stereocenters. The highest BCUT2D eigenvalue weighted by Crippen LogP contribution is 2.33. The highest BCUT2D eigenvalue weighted by Gasteiger charge is 2.23. The molecule has 3 heteroatoms. The molecule has 1 aliphatic carbocycles. The van der Waals surface area contributed by atoms with E-state index in [1.54, 1.807) is 0 Å². The van der Waals surface area contributed by atoms with Crippen LogP contribution in [0.4, 0.5) is 0 Å². The van der Waals surface area contributed by atoms with Crippen molar-refractivity contribution in [1.82, 2.24) is 0 Å². The molecule has 1 aromatic carbocycles. The van der Waals surface area contributed by atoms with Gasteiger partial charge in [0.05, 0.1) is 5.70 Å². The van der Waals surface area contributed by atoms with Crippen LogP contribution in [0.25, 0.3) is 6.08 Å². The molecule has 0 saturated carbocycles. The van der Waals surface area contributed by atoms with Crippen LogP contribution < -0.4 is 5.73 Å². The van der Waals surface area contributed by atoms with Crippen molar-refractivity contribution in [3.63, 3.8) is 0 Å². The lowest BCUT2D eigenvalue weighted by molar-refractivity contribution is -0.132. The topological polar surface area (TPSA) is 52.3 Å². The fourth-order valence-corrected chi connectivity index (χ4v) is 1.52. The summed E-state index contributed by atoms with van der Waals surface area (Å²) in [4.78, 5) is 10.2. The lowest BCUT2D eigenvalue weighted by Crippen LogP contribution is -2.09. The average molecular weight is 175 g/mol. The largest absolute Gasteiger partial charge is 0.453 e. The van der Waals surface area contributed by atoms with E-state index in [1.165, 1.54) is 0 Å². The molecule has 0 aromatic heterocycles. The van der Waals surface area contributed by atoms with Gasteiger partial charge in [-0.25, -0.2) is 0 Å². The Balaban J connectivity index is 2.42. The molecular formula is C10H9NO2. The summed E-state index contributed by atoms with van der Waals surface area (Å²) in [5.74, 6) is 0. The number of benzene rings is 1. The van der Waals surface area contributed by atoms with Gasteiger partial charge in [0.25, 0.3) is 6.47 Å². The van der Waals surface area contributed by atoms with E-state index in [0.717, 1.165) is 11.1 Å². The van der Waals surface area contributed by atoms with E-state index in [-0.39, 0.29) is 0 Å². The maximum atomic E-state index is 10.2. The number of fused-ring (bicyclic) bond motifs is 1. The lowest BCUT2D eigenvalue weighted by Gasteiger charge is -2.10. The molecule has 0 fully saturated rings. The Morgan fingerprint density at radius 3 is 2.92 bits per heavy atom. The summed E-state index contributed by atoms with van der Waals surface area (Å²) < 4.78 is 4.87. The monoisotopic (exact) mass is 175 g/mol. The molecule has 0 amide bonds. The smallest absolute Gasteiger partial charge is 0.294 e. The van der Waals surface area contributed by atoms with Crippen molar-refractivity contribution in [2.45, 2.75) is 6.10 Å². The fourth-order valence-electron chi connectivity index (χ4n) is 1.52. The zero-order valence-corrected chi connectivity index (χ0v) is 6.94. The molecule has 13 heavy (non-hydrogen) atoms. The number of carbonyl (C=O) groups is 1. The van der Waals surface area contributed by atoms with Crippen molar-refractivity contribution in [3.8, 4) is 0 Å². The van der Waals surface area contributed by atoms with Crippen LogP contribution in [0.3, 0.4) is 0 Å². The Hall–Kier alpha value is -1.77. The normalized spacial score (nSPS) is 19.1. The maximum Gasteiger partial charge on any atom is 0.294 e. The Morgan fingerprint density at radius 1 is 1.38 bits per heavy atom. The lowest BCUT2D eigenvalue weighted by atomic mass is 10.1. The van der Waals surface area contributed by atoms with Crippen LogP contribution in [0.1, 0.15) is 17.2 Å². The van der Waals surface area contributed by atoms with Crippen LogP contribution in [0, 0.1) is 0 Å². The molecular weight excluding hydrogens is 166 g/mol. The first-order chi connectivity index (χ1) is 6.33. The quantitative estimate of drug-likeness (QED) is 0.687. The average Bonchev–Trinajstić information content (AvgIpc) is 2.44. The summed E-state index contributed by atoms with van der Waals surface area (Å²) in [5, 5.41) is 0. The van der Waals surface area contributed by atoms with Gasteiger partial charge in [-0.05, 0) is 11.6 Å². The van der Waals surface area contributed by atoms with Crippen molar-refractivity contribution in [3.05, 3.63) is 41.1 Å². The van der Waals surface area contributed by atoms with Crippen LogP contribution >= 0.6 is 0 Å². The Labute approximate surface area is 75.8 Å². The molecule has 1 aliphatic rings. The molecule has 66 valence electrons. The summed E-state index contributed by atoms with van der Waals surface area (Å²) in [6, 6.07) is 7.66. The van der Waals surface area contributed by atoms with Crippen LogP contribution in [0.15, 0.2) is 30.0 Å². The first-order valence-corrected chi connectivity index (χ1v) is 3.98. The second-order valence-corrected chi connectivity index (χ2v) is 2.89. The number of rotatable bonds is 2. The van der Waals surface area contributed by atoms with Crippen LogP contribution in [-0.4, -0.2) is 6.47 Å². The first kappa shape index (κ1) is 7.86. The van der Waals surface area contributed by atoms with Crippen molar-refractivity contribution in [1.29, 1.82) is 0 Å². The van der Waals surface area contributed by atoms with Gasteiger partial charge in [-0.15, -0.1) is 0 Å². The number of ether oxygens (including phenoxy) is 1. The van der Waals surface area contributed by atoms with Crippen LogP contribution in [0.5, 0.6) is 0 Å². The fraction of sp³-hybridized carbons (Fsp3) is 0.100. The minimum absolute atomic E-state index is 0.395. The molecule has 2 rings (SSSR count). The van der Waals surface area contributed by atoms with Crippen LogP contribution in [-0.2, 0) is 9.53 Å². The number of hydrogen-bond donors (Lipinski definition) is 1. The molecule has 0 aliphatic heterocycles. The van der Waals surface area contributed by atoms with Crippen LogP contribution in [0.2, 0.25) is 0 Å². The number of nitrogens with two attached hydrogens (primary N) is 1. The first-order valence-electron chi connectivity index (χ1n) is 3.98. The highest BCUT2D eigenvalue weighted by atomic mass is 16.5. The highest BCUT2D eigenvalue weighted by molar-refractivity contribution is 5.65. The third kappa shape index (κ3) is 1.18. The van der Waals surface area contributed by atoms with Gasteiger partial charge in [0.15, 0.2) is 6.10 Å². The summed E-state index contributed by atoms with van der Waals surface area (Å²) >= 11 is 0. The third-order valence-corrected chi connectivity index (χ3v) is 2.10. The predicted octanol–water partition coefficient (Wildman–Crippen LogP) is 1.21. The van der Waals surface area contributed by atoms with Gasteiger partial charge in [0.1, 0.15) is 0 Å². The Bertz CT molecular complexity index is 371. The molecule has 1 aromatic rings. The molecule has 1 unspecified atom stereocenters. The molecule has 0 radical (unpaired) electrons. The van der Waals surface area contributed by atoms with Crippen molar-refractivity contribution < 1.29 is 9.53 Å². The summed E-state index contributed by atoms with van der Waals surface area (Å²) in [6.45, 7) is 0.424. The van der Waals surface area contributed by atoms with E-state index in [4.69, 9.17) is 10.5 Å². The standard InChI is InChI=1S/C10H9NO2/c11-9-5-7-3-1-2-4-8(7)10(9)13-6-12/h1-6,10H,11H2. The van der Waals surface area contributed by atoms with E-state index in [2.05, 4.69) is 0 Å².